The van der Waals surface area contributed by atoms with Crippen LogP contribution in [0.5, 0.6) is 0 Å². The second-order valence-corrected chi connectivity index (χ2v) is 4.59. The zero-order valence-electron chi connectivity index (χ0n) is 11.3. The minimum atomic E-state index is -0.981. The first-order valence-electron chi connectivity index (χ1n) is 6.35. The van der Waals surface area contributed by atoms with Crippen LogP contribution in [0.1, 0.15) is 15.9 Å². The van der Waals surface area contributed by atoms with Crippen LogP contribution in [0.3, 0.4) is 0 Å². The number of hydrogen-bond acceptors (Lipinski definition) is 4. The van der Waals surface area contributed by atoms with Crippen LogP contribution >= 0.6 is 0 Å². The van der Waals surface area contributed by atoms with Crippen molar-refractivity contribution in [3.8, 4) is 17.1 Å². The van der Waals surface area contributed by atoms with Gasteiger partial charge in [0, 0.05) is 5.56 Å². The topological polar surface area (TPSA) is 80.9 Å². The zero-order chi connectivity index (χ0) is 14.8. The molecule has 2 aromatic carbocycles. The summed E-state index contributed by atoms with van der Waals surface area (Å²) < 4.78 is 1.55. The van der Waals surface area contributed by atoms with Gasteiger partial charge in [-0.15, -0.1) is 5.10 Å². The number of nitrogens with zero attached hydrogens (tertiary/aromatic N) is 4. The van der Waals surface area contributed by atoms with Gasteiger partial charge in [0.2, 0.25) is 0 Å². The SMILES string of the molecule is Cc1ccc(C(=O)O)cc1-n1nnnc1-c1ccccc1. The van der Waals surface area contributed by atoms with Gasteiger partial charge in [0.15, 0.2) is 5.82 Å². The van der Waals surface area contributed by atoms with Crippen LogP contribution in [-0.4, -0.2) is 31.3 Å². The average molecular weight is 280 g/mol. The van der Waals surface area contributed by atoms with E-state index in [1.165, 1.54) is 0 Å². The van der Waals surface area contributed by atoms with E-state index in [2.05, 4.69) is 15.5 Å². The van der Waals surface area contributed by atoms with Crippen molar-refractivity contribution in [1.29, 1.82) is 0 Å². The first-order chi connectivity index (χ1) is 10.2. The molecule has 6 nitrogen and oxygen atoms in total. The fraction of sp³-hybridized carbons (Fsp3) is 0.0667. The third kappa shape index (κ3) is 2.38. The number of tetrazole rings is 1. The van der Waals surface area contributed by atoms with Gasteiger partial charge >= 0.3 is 5.97 Å². The highest BCUT2D eigenvalue weighted by atomic mass is 16.4. The quantitative estimate of drug-likeness (QED) is 0.796. The number of hydrogen-bond donors (Lipinski definition) is 1. The van der Waals surface area contributed by atoms with Crippen LogP contribution in [0, 0.1) is 6.92 Å². The Labute approximate surface area is 120 Å². The number of aromatic nitrogens is 4. The van der Waals surface area contributed by atoms with Crippen molar-refractivity contribution in [2.75, 3.05) is 0 Å². The predicted octanol–water partition coefficient (Wildman–Crippen LogP) is 2.34. The average Bonchev–Trinajstić information content (AvgIpc) is 2.97. The van der Waals surface area contributed by atoms with E-state index in [9.17, 15) is 4.79 Å². The van der Waals surface area contributed by atoms with Gasteiger partial charge in [0.05, 0.1) is 11.3 Å². The van der Waals surface area contributed by atoms with Crippen LogP contribution in [0.25, 0.3) is 17.1 Å². The van der Waals surface area contributed by atoms with E-state index in [0.29, 0.717) is 11.5 Å². The molecule has 0 amide bonds. The lowest BCUT2D eigenvalue weighted by atomic mass is 10.1. The van der Waals surface area contributed by atoms with Gasteiger partial charge in [-0.2, -0.15) is 4.68 Å². The van der Waals surface area contributed by atoms with Gasteiger partial charge < -0.3 is 5.11 Å². The van der Waals surface area contributed by atoms with Crippen molar-refractivity contribution in [3.63, 3.8) is 0 Å². The Morgan fingerprint density at radius 2 is 1.90 bits per heavy atom. The maximum atomic E-state index is 11.1. The lowest BCUT2D eigenvalue weighted by Gasteiger charge is -2.08. The molecule has 0 fully saturated rings. The number of aromatic carboxylic acids is 1. The summed E-state index contributed by atoms with van der Waals surface area (Å²) in [5, 5.41) is 20.8. The molecular weight excluding hydrogens is 268 g/mol. The summed E-state index contributed by atoms with van der Waals surface area (Å²) in [6, 6.07) is 14.4. The summed E-state index contributed by atoms with van der Waals surface area (Å²) in [5.74, 6) is -0.410. The van der Waals surface area contributed by atoms with Gasteiger partial charge in [0.25, 0.3) is 0 Å². The Balaban J connectivity index is 2.17. The van der Waals surface area contributed by atoms with Gasteiger partial charge in [0.1, 0.15) is 0 Å². The molecule has 0 aliphatic rings. The Morgan fingerprint density at radius 1 is 1.14 bits per heavy atom. The van der Waals surface area contributed by atoms with E-state index in [-0.39, 0.29) is 5.56 Å². The Hall–Kier alpha value is -3.02. The molecule has 0 bridgehead atoms. The summed E-state index contributed by atoms with van der Waals surface area (Å²) >= 11 is 0. The number of carboxylic acid groups (broad SMARTS) is 1. The molecule has 0 aliphatic carbocycles. The van der Waals surface area contributed by atoms with E-state index in [1.807, 2.05) is 37.3 Å². The molecule has 1 N–H and O–H groups in total. The molecule has 1 heterocycles. The van der Waals surface area contributed by atoms with Crippen molar-refractivity contribution in [3.05, 3.63) is 59.7 Å². The van der Waals surface area contributed by atoms with Crippen LogP contribution < -0.4 is 0 Å². The van der Waals surface area contributed by atoms with Gasteiger partial charge in [-0.05, 0) is 35.0 Å². The number of carboxylic acids is 1. The second kappa shape index (κ2) is 5.16. The standard InChI is InChI=1S/C15H12N4O2/c1-10-7-8-12(15(20)21)9-13(10)19-14(16-17-18-19)11-5-3-2-4-6-11/h2-9H,1H3,(H,20,21). The highest BCUT2D eigenvalue weighted by Gasteiger charge is 2.14. The third-order valence-electron chi connectivity index (χ3n) is 3.19. The molecule has 0 radical (unpaired) electrons. The molecule has 0 aliphatic heterocycles. The monoisotopic (exact) mass is 280 g/mol. The van der Waals surface area contributed by atoms with E-state index in [0.717, 1.165) is 11.1 Å². The third-order valence-corrected chi connectivity index (χ3v) is 3.19. The van der Waals surface area contributed by atoms with Gasteiger partial charge in [-0.3, -0.25) is 0 Å². The fourth-order valence-corrected chi connectivity index (χ4v) is 2.09. The normalized spacial score (nSPS) is 10.5. The fourth-order valence-electron chi connectivity index (χ4n) is 2.09. The molecular formula is C15H12N4O2. The molecule has 0 saturated carbocycles. The summed E-state index contributed by atoms with van der Waals surface area (Å²) in [6.45, 7) is 1.89. The maximum absolute atomic E-state index is 11.1. The Morgan fingerprint density at radius 3 is 2.62 bits per heavy atom. The van der Waals surface area contributed by atoms with E-state index >= 15 is 0 Å². The Bertz CT molecular complexity index is 796. The summed E-state index contributed by atoms with van der Waals surface area (Å²) in [6.07, 6.45) is 0. The molecule has 0 spiro atoms. The zero-order valence-corrected chi connectivity index (χ0v) is 11.3. The molecule has 3 aromatic rings. The van der Waals surface area contributed by atoms with Crippen molar-refractivity contribution in [1.82, 2.24) is 20.2 Å². The molecule has 3 rings (SSSR count). The van der Waals surface area contributed by atoms with Crippen molar-refractivity contribution in [2.45, 2.75) is 6.92 Å². The smallest absolute Gasteiger partial charge is 0.335 e. The van der Waals surface area contributed by atoms with Crippen LogP contribution in [0.2, 0.25) is 0 Å². The second-order valence-electron chi connectivity index (χ2n) is 4.59. The predicted molar refractivity (Wildman–Crippen MR) is 76.3 cm³/mol. The van der Waals surface area contributed by atoms with Crippen LogP contribution in [0.4, 0.5) is 0 Å². The van der Waals surface area contributed by atoms with Crippen molar-refractivity contribution in [2.24, 2.45) is 0 Å². The minimum Gasteiger partial charge on any atom is -0.478 e. The number of aryl methyl sites for hydroxylation is 1. The largest absolute Gasteiger partial charge is 0.478 e. The minimum absolute atomic E-state index is 0.199. The molecule has 0 unspecified atom stereocenters. The highest BCUT2D eigenvalue weighted by molar-refractivity contribution is 5.88. The van der Waals surface area contributed by atoms with Gasteiger partial charge in [-0.25, -0.2) is 4.79 Å². The van der Waals surface area contributed by atoms with Crippen molar-refractivity contribution < 1.29 is 9.90 Å². The number of carbonyl (C=O) groups is 1. The highest BCUT2D eigenvalue weighted by Crippen LogP contribution is 2.22. The number of rotatable bonds is 3. The molecule has 0 saturated heterocycles. The van der Waals surface area contributed by atoms with E-state index in [1.54, 1.807) is 22.9 Å². The van der Waals surface area contributed by atoms with Crippen LogP contribution in [0.15, 0.2) is 48.5 Å². The maximum Gasteiger partial charge on any atom is 0.335 e. The summed E-state index contributed by atoms with van der Waals surface area (Å²) in [7, 11) is 0. The molecule has 1 aromatic heterocycles. The molecule has 104 valence electrons. The van der Waals surface area contributed by atoms with Crippen molar-refractivity contribution >= 4 is 5.97 Å². The lowest BCUT2D eigenvalue weighted by molar-refractivity contribution is 0.0697. The summed E-state index contributed by atoms with van der Waals surface area (Å²) in [4.78, 5) is 11.1. The first kappa shape index (κ1) is 13.0. The Kier molecular flexibility index (Phi) is 3.19. The van der Waals surface area contributed by atoms with E-state index < -0.39 is 5.97 Å². The molecule has 21 heavy (non-hydrogen) atoms. The van der Waals surface area contributed by atoms with Gasteiger partial charge in [-0.1, -0.05) is 36.4 Å². The lowest BCUT2D eigenvalue weighted by Crippen LogP contribution is -2.05. The van der Waals surface area contributed by atoms with Crippen LogP contribution in [-0.2, 0) is 0 Å². The van der Waals surface area contributed by atoms with E-state index in [4.69, 9.17) is 5.11 Å². The molecule has 0 atom stereocenters. The first-order valence-corrected chi connectivity index (χ1v) is 6.35. The summed E-state index contributed by atoms with van der Waals surface area (Å²) in [5.41, 5.74) is 2.61. The number of benzene rings is 2. The molecule has 6 heteroatoms.